The van der Waals surface area contributed by atoms with Crippen LogP contribution in [-0.2, 0) is 65.4 Å². The Kier molecular flexibility index (Phi) is 52.2. The number of ether oxygens (including phenoxy) is 4. The van der Waals surface area contributed by atoms with Crippen molar-refractivity contribution in [2.24, 2.45) is 17.8 Å². The summed E-state index contributed by atoms with van der Waals surface area (Å²) in [4.78, 5) is 72.1. The molecule has 0 heterocycles. The van der Waals surface area contributed by atoms with Crippen LogP contribution in [0.5, 0.6) is 0 Å². The van der Waals surface area contributed by atoms with Crippen molar-refractivity contribution in [3.63, 3.8) is 0 Å². The molecule has 0 bridgehead atoms. The zero-order chi connectivity index (χ0) is 60.3. The van der Waals surface area contributed by atoms with Gasteiger partial charge in [0.1, 0.15) is 19.3 Å². The van der Waals surface area contributed by atoms with E-state index in [0.717, 1.165) is 108 Å². The van der Waals surface area contributed by atoms with Crippen LogP contribution in [0.1, 0.15) is 299 Å². The molecule has 3 unspecified atom stereocenters. The van der Waals surface area contributed by atoms with E-state index in [1.54, 1.807) is 0 Å². The lowest BCUT2D eigenvalue weighted by Crippen LogP contribution is -2.30. The van der Waals surface area contributed by atoms with Crippen LogP contribution in [0.3, 0.4) is 0 Å². The Labute approximate surface area is 492 Å². The van der Waals surface area contributed by atoms with Crippen molar-refractivity contribution in [3.8, 4) is 0 Å². The number of hydrogen-bond donors (Lipinski definition) is 3. The number of phosphoric ester groups is 2. The van der Waals surface area contributed by atoms with Gasteiger partial charge < -0.3 is 33.8 Å². The molecule has 480 valence electrons. The maximum Gasteiger partial charge on any atom is 0.472 e. The minimum Gasteiger partial charge on any atom is -0.462 e. The highest BCUT2D eigenvalue weighted by Gasteiger charge is 2.30. The molecular formula is C62H120O17P2. The average molecular weight is 1200 g/mol. The molecule has 0 amide bonds. The minimum absolute atomic E-state index is 0.102. The van der Waals surface area contributed by atoms with Gasteiger partial charge in [-0.2, -0.15) is 0 Å². The molecule has 0 aliphatic rings. The monoisotopic (exact) mass is 1200 g/mol. The van der Waals surface area contributed by atoms with Gasteiger partial charge in [0.15, 0.2) is 12.2 Å². The van der Waals surface area contributed by atoms with Crippen LogP contribution in [0.15, 0.2) is 0 Å². The fourth-order valence-electron chi connectivity index (χ4n) is 9.09. The van der Waals surface area contributed by atoms with Crippen molar-refractivity contribution < 1.29 is 80.2 Å². The Morgan fingerprint density at radius 1 is 0.358 bits per heavy atom. The van der Waals surface area contributed by atoms with E-state index >= 15 is 0 Å². The number of unbranched alkanes of at least 4 members (excludes halogenated alkanes) is 27. The van der Waals surface area contributed by atoms with Crippen LogP contribution < -0.4 is 0 Å². The maximum absolute atomic E-state index is 12.9. The molecule has 0 aromatic rings. The van der Waals surface area contributed by atoms with E-state index < -0.39 is 97.5 Å². The molecule has 0 aliphatic heterocycles. The van der Waals surface area contributed by atoms with Gasteiger partial charge >= 0.3 is 39.5 Å². The number of aliphatic hydroxyl groups is 1. The Morgan fingerprint density at radius 2 is 0.630 bits per heavy atom. The highest BCUT2D eigenvalue weighted by atomic mass is 31.2. The highest BCUT2D eigenvalue weighted by Crippen LogP contribution is 2.45. The van der Waals surface area contributed by atoms with Gasteiger partial charge in [-0.3, -0.25) is 37.3 Å². The smallest absolute Gasteiger partial charge is 0.462 e. The number of esters is 4. The molecule has 3 N–H and O–H groups in total. The molecule has 0 saturated heterocycles. The first kappa shape index (κ1) is 79.1. The van der Waals surface area contributed by atoms with E-state index in [9.17, 15) is 43.2 Å². The number of phosphoric acid groups is 2. The molecule has 0 fully saturated rings. The van der Waals surface area contributed by atoms with Crippen LogP contribution in [0, 0.1) is 17.8 Å². The molecule has 0 rings (SSSR count). The second-order valence-corrected chi connectivity index (χ2v) is 26.5. The lowest BCUT2D eigenvalue weighted by Gasteiger charge is -2.21. The van der Waals surface area contributed by atoms with E-state index in [1.807, 2.05) is 0 Å². The number of rotatable bonds is 60. The fraction of sp³-hybridized carbons (Fsp3) is 0.935. The Balaban J connectivity index is 5.25. The van der Waals surface area contributed by atoms with Crippen molar-refractivity contribution in [3.05, 3.63) is 0 Å². The number of hydrogen-bond acceptors (Lipinski definition) is 15. The first-order valence-electron chi connectivity index (χ1n) is 32.4. The molecule has 0 aliphatic carbocycles. The van der Waals surface area contributed by atoms with Gasteiger partial charge in [-0.25, -0.2) is 9.13 Å². The number of carbonyl (C=O) groups excluding carboxylic acids is 4. The van der Waals surface area contributed by atoms with E-state index in [2.05, 4.69) is 48.5 Å². The molecule has 19 heteroatoms. The summed E-state index contributed by atoms with van der Waals surface area (Å²) >= 11 is 0. The van der Waals surface area contributed by atoms with E-state index in [1.165, 1.54) is 103 Å². The summed E-state index contributed by atoms with van der Waals surface area (Å²) in [6.07, 6.45) is 33.6. The van der Waals surface area contributed by atoms with Crippen molar-refractivity contribution in [2.75, 3.05) is 39.6 Å². The number of aliphatic hydroxyl groups excluding tert-OH is 1. The van der Waals surface area contributed by atoms with Crippen molar-refractivity contribution >= 4 is 39.5 Å². The predicted molar refractivity (Wildman–Crippen MR) is 321 cm³/mol. The highest BCUT2D eigenvalue weighted by molar-refractivity contribution is 7.47. The van der Waals surface area contributed by atoms with Crippen LogP contribution in [0.2, 0.25) is 0 Å². The van der Waals surface area contributed by atoms with Gasteiger partial charge in [0.05, 0.1) is 26.4 Å². The lowest BCUT2D eigenvalue weighted by atomic mass is 10.00. The average Bonchev–Trinajstić information content (AvgIpc) is 3.42. The molecule has 6 atom stereocenters. The van der Waals surface area contributed by atoms with E-state index in [-0.39, 0.29) is 25.7 Å². The third kappa shape index (κ3) is 55.7. The minimum atomic E-state index is -4.94. The van der Waals surface area contributed by atoms with E-state index in [0.29, 0.717) is 31.6 Å². The van der Waals surface area contributed by atoms with Crippen LogP contribution >= 0.6 is 15.6 Å². The summed E-state index contributed by atoms with van der Waals surface area (Å²) in [7, 11) is -9.88. The molecule has 0 radical (unpaired) electrons. The van der Waals surface area contributed by atoms with Crippen LogP contribution in [0.25, 0.3) is 0 Å². The summed E-state index contributed by atoms with van der Waals surface area (Å²) in [5.74, 6) is 0.000403. The second-order valence-electron chi connectivity index (χ2n) is 23.6. The largest absolute Gasteiger partial charge is 0.472 e. The summed E-state index contributed by atoms with van der Waals surface area (Å²) in [6.45, 7) is 11.6. The summed E-state index contributed by atoms with van der Waals surface area (Å²) in [6, 6.07) is 0. The third-order valence-corrected chi connectivity index (χ3v) is 16.4. The van der Waals surface area contributed by atoms with Gasteiger partial charge in [-0.15, -0.1) is 0 Å². The number of carbonyl (C=O) groups is 4. The lowest BCUT2D eigenvalue weighted by molar-refractivity contribution is -0.161. The van der Waals surface area contributed by atoms with Gasteiger partial charge in [-0.1, -0.05) is 248 Å². The van der Waals surface area contributed by atoms with E-state index in [4.69, 9.17) is 37.0 Å². The zero-order valence-corrected chi connectivity index (χ0v) is 54.0. The summed E-state index contributed by atoms with van der Waals surface area (Å²) < 4.78 is 67.9. The fourth-order valence-corrected chi connectivity index (χ4v) is 10.7. The Hall–Kier alpha value is -1.94. The third-order valence-electron chi connectivity index (χ3n) is 14.5. The summed E-state index contributed by atoms with van der Waals surface area (Å²) in [5.41, 5.74) is 0. The van der Waals surface area contributed by atoms with Crippen molar-refractivity contribution in [1.29, 1.82) is 0 Å². The predicted octanol–water partition coefficient (Wildman–Crippen LogP) is 16.7. The van der Waals surface area contributed by atoms with Crippen molar-refractivity contribution in [2.45, 2.75) is 317 Å². The first-order chi connectivity index (χ1) is 38.8. The normalized spacial score (nSPS) is 14.8. The molecular weight excluding hydrogens is 1080 g/mol. The van der Waals surface area contributed by atoms with Crippen LogP contribution in [0.4, 0.5) is 0 Å². The second kappa shape index (κ2) is 53.5. The van der Waals surface area contributed by atoms with Gasteiger partial charge in [-0.05, 0) is 43.4 Å². The first-order valence-corrected chi connectivity index (χ1v) is 35.4. The molecule has 17 nitrogen and oxygen atoms in total. The standard InChI is InChI=1S/C62H120O17P2/c1-8-10-11-12-13-14-15-21-29-36-43-59(64)72-50-58(79-62(67)46-39-32-25-24-28-35-42-55(7)9-2)52-77-81(70,71)75-48-56(63)47-74-80(68,69)76-51-57(49-73-60(65)44-37-30-23-18-20-27-34-41-54(5)6)78-61(66)45-38-31-22-17-16-19-26-33-40-53(3)4/h53-58,63H,8-52H2,1-7H3,(H,68,69)(H,70,71)/t55?,56-,57-,58-/m1/s1. The molecule has 0 spiro atoms. The molecule has 0 aromatic carbocycles. The Morgan fingerprint density at radius 3 is 0.938 bits per heavy atom. The Bertz CT molecular complexity index is 1620. The molecule has 0 aromatic heterocycles. The molecule has 81 heavy (non-hydrogen) atoms. The summed E-state index contributed by atoms with van der Waals surface area (Å²) in [5, 5.41) is 10.5. The van der Waals surface area contributed by atoms with Gasteiger partial charge in [0.25, 0.3) is 0 Å². The van der Waals surface area contributed by atoms with Crippen molar-refractivity contribution in [1.82, 2.24) is 0 Å². The van der Waals surface area contributed by atoms with Crippen LogP contribution in [-0.4, -0.2) is 96.7 Å². The van der Waals surface area contributed by atoms with Gasteiger partial charge in [0, 0.05) is 25.7 Å². The maximum atomic E-state index is 12.9. The zero-order valence-electron chi connectivity index (χ0n) is 52.2. The SMILES string of the molecule is CCCCCCCCCCCCC(=O)OC[C@H](COP(=O)(O)OC[C@H](O)COP(=O)(O)OC[C@@H](COC(=O)CCCCCCCCCC(C)C)OC(=O)CCCCCCCCCCC(C)C)OC(=O)CCCCCCCCC(C)CC. The van der Waals surface area contributed by atoms with Gasteiger partial charge in [0.2, 0.25) is 0 Å². The quantitative estimate of drug-likeness (QED) is 0.0222. The topological polar surface area (TPSA) is 237 Å². The molecule has 0 saturated carbocycles.